The largest absolute Gasteiger partial charge is 0.462 e. The van der Waals surface area contributed by atoms with Gasteiger partial charge in [-0.05, 0) is 74.8 Å². The fraction of sp³-hybridized carbons (Fsp3) is 0.345. The van der Waals surface area contributed by atoms with Gasteiger partial charge in [-0.2, -0.15) is 0 Å². The molecule has 0 saturated heterocycles. The van der Waals surface area contributed by atoms with Crippen LogP contribution in [-0.4, -0.2) is 24.4 Å². The predicted molar refractivity (Wildman–Crippen MR) is 148 cm³/mol. The molecule has 1 heterocycles. The molecule has 2 aliphatic rings. The number of anilines is 2. The highest BCUT2D eigenvalue weighted by Crippen LogP contribution is 2.42. The van der Waals surface area contributed by atoms with Crippen LogP contribution in [0, 0.1) is 5.92 Å². The number of thioether (sulfide) groups is 1. The van der Waals surface area contributed by atoms with Gasteiger partial charge in [-0.25, -0.2) is 4.79 Å². The van der Waals surface area contributed by atoms with Crippen LogP contribution in [0.3, 0.4) is 0 Å². The summed E-state index contributed by atoms with van der Waals surface area (Å²) < 4.78 is 5.36. The number of nitrogens with one attached hydrogen (secondary N) is 2. The van der Waals surface area contributed by atoms with E-state index in [9.17, 15) is 14.4 Å². The lowest BCUT2D eigenvalue weighted by Crippen LogP contribution is -2.20. The van der Waals surface area contributed by atoms with Crippen molar-refractivity contribution in [2.45, 2.75) is 55.6 Å². The van der Waals surface area contributed by atoms with Crippen LogP contribution in [-0.2, 0) is 27.2 Å². The van der Waals surface area contributed by atoms with Crippen LogP contribution in [0.5, 0.6) is 0 Å². The van der Waals surface area contributed by atoms with Crippen molar-refractivity contribution in [3.05, 3.63) is 76.2 Å². The normalized spacial score (nSPS) is 15.4. The Morgan fingerprint density at radius 2 is 1.81 bits per heavy atom. The Morgan fingerprint density at radius 1 is 1.03 bits per heavy atom. The first-order chi connectivity index (χ1) is 18.0. The van der Waals surface area contributed by atoms with E-state index >= 15 is 0 Å². The van der Waals surface area contributed by atoms with Gasteiger partial charge in [0.25, 0.3) is 0 Å². The first-order valence-electron chi connectivity index (χ1n) is 12.8. The Kier molecular flexibility index (Phi) is 7.96. The molecule has 192 valence electrons. The lowest BCUT2D eigenvalue weighted by atomic mass is 9.95. The van der Waals surface area contributed by atoms with Crippen LogP contribution < -0.4 is 10.6 Å². The van der Waals surface area contributed by atoms with Gasteiger partial charge in [0.15, 0.2) is 0 Å². The highest BCUT2D eigenvalue weighted by Gasteiger charge is 2.31. The Hall–Kier alpha value is -3.10. The average Bonchev–Trinajstić information content (AvgIpc) is 3.69. The number of esters is 1. The van der Waals surface area contributed by atoms with Gasteiger partial charge in [0.2, 0.25) is 11.8 Å². The van der Waals surface area contributed by atoms with Crippen molar-refractivity contribution in [2.75, 3.05) is 17.2 Å². The molecule has 2 amide bonds. The smallest absolute Gasteiger partial charge is 0.341 e. The number of rotatable bonds is 9. The van der Waals surface area contributed by atoms with E-state index in [0.717, 1.165) is 65.1 Å². The SMILES string of the molecule is CCOC(=O)c1c(NC(=O)C(Sc2cccc(NC(=O)C3CC3)c2)c2ccccc2)sc2c1CCCC2. The molecule has 2 N–H and O–H groups in total. The van der Waals surface area contributed by atoms with Crippen LogP contribution in [0.4, 0.5) is 10.7 Å². The number of hydrogen-bond acceptors (Lipinski definition) is 6. The van der Waals surface area contributed by atoms with Gasteiger partial charge < -0.3 is 15.4 Å². The van der Waals surface area contributed by atoms with Crippen molar-refractivity contribution in [3.8, 4) is 0 Å². The van der Waals surface area contributed by atoms with E-state index in [4.69, 9.17) is 4.74 Å². The van der Waals surface area contributed by atoms with Gasteiger partial charge in [-0.15, -0.1) is 23.1 Å². The lowest BCUT2D eigenvalue weighted by Gasteiger charge is -2.18. The molecule has 2 aliphatic carbocycles. The second-order valence-corrected chi connectivity index (χ2v) is 11.6. The Labute approximate surface area is 225 Å². The number of fused-ring (bicyclic) bond motifs is 1. The Balaban J connectivity index is 1.41. The van der Waals surface area contributed by atoms with E-state index < -0.39 is 5.25 Å². The van der Waals surface area contributed by atoms with Crippen molar-refractivity contribution in [3.63, 3.8) is 0 Å². The quantitative estimate of drug-likeness (QED) is 0.238. The van der Waals surface area contributed by atoms with Crippen LogP contribution in [0.1, 0.15) is 64.2 Å². The molecule has 1 unspecified atom stereocenters. The summed E-state index contributed by atoms with van der Waals surface area (Å²) in [6.07, 6.45) is 5.73. The first kappa shape index (κ1) is 25.5. The molecule has 0 spiro atoms. The van der Waals surface area contributed by atoms with Crippen molar-refractivity contribution in [2.24, 2.45) is 5.92 Å². The summed E-state index contributed by atoms with van der Waals surface area (Å²) in [5.74, 6) is -0.412. The number of carbonyl (C=O) groups is 3. The molecule has 8 heteroatoms. The topological polar surface area (TPSA) is 84.5 Å². The number of benzene rings is 2. The first-order valence-corrected chi connectivity index (χ1v) is 14.5. The van der Waals surface area contributed by atoms with Gasteiger partial charge in [0.1, 0.15) is 10.3 Å². The summed E-state index contributed by atoms with van der Waals surface area (Å²) in [7, 11) is 0. The van der Waals surface area contributed by atoms with Crippen molar-refractivity contribution < 1.29 is 19.1 Å². The standard InChI is InChI=1S/C29H30N2O4S2/c1-2-35-29(34)24-22-13-6-7-14-23(22)37-28(24)31-27(33)25(18-9-4-3-5-10-18)36-21-12-8-11-20(17-21)30-26(32)19-15-16-19/h3-5,8-12,17,19,25H,2,6-7,13-16H2,1H3,(H,30,32)(H,31,33). The van der Waals surface area contributed by atoms with Crippen LogP contribution in [0.2, 0.25) is 0 Å². The third-order valence-corrected chi connectivity index (χ3v) is 8.99. The average molecular weight is 535 g/mol. The number of ether oxygens (including phenoxy) is 1. The third kappa shape index (κ3) is 6.08. The summed E-state index contributed by atoms with van der Waals surface area (Å²) in [6.45, 7) is 2.07. The molecule has 1 fully saturated rings. The van der Waals surface area contributed by atoms with Crippen LogP contribution >= 0.6 is 23.1 Å². The van der Waals surface area contributed by atoms with Gasteiger partial charge in [0, 0.05) is 21.4 Å². The minimum atomic E-state index is -0.551. The highest BCUT2D eigenvalue weighted by molar-refractivity contribution is 8.00. The van der Waals surface area contributed by atoms with Gasteiger partial charge in [-0.3, -0.25) is 9.59 Å². The number of aryl methyl sites for hydroxylation is 1. The zero-order chi connectivity index (χ0) is 25.8. The van der Waals surface area contributed by atoms with Crippen LogP contribution in [0.25, 0.3) is 0 Å². The van der Waals surface area contributed by atoms with Crippen LogP contribution in [0.15, 0.2) is 59.5 Å². The molecule has 1 aromatic heterocycles. The maximum atomic E-state index is 13.8. The van der Waals surface area contributed by atoms with E-state index in [2.05, 4.69) is 10.6 Å². The van der Waals surface area contributed by atoms with E-state index in [1.54, 1.807) is 6.92 Å². The van der Waals surface area contributed by atoms with Gasteiger partial charge in [0.05, 0.1) is 12.2 Å². The molecule has 2 aromatic carbocycles. The Bertz CT molecular complexity index is 1300. The second-order valence-electron chi connectivity index (χ2n) is 9.32. The van der Waals surface area contributed by atoms with Gasteiger partial charge >= 0.3 is 5.97 Å². The van der Waals surface area contributed by atoms with Crippen molar-refractivity contribution in [1.29, 1.82) is 0 Å². The molecule has 3 aromatic rings. The maximum absolute atomic E-state index is 13.8. The fourth-order valence-electron chi connectivity index (χ4n) is 4.52. The van der Waals surface area contributed by atoms with E-state index in [1.807, 2.05) is 54.6 Å². The molecule has 37 heavy (non-hydrogen) atoms. The molecule has 1 atom stereocenters. The van der Waals surface area contributed by atoms with E-state index in [0.29, 0.717) is 10.6 Å². The molecule has 0 bridgehead atoms. The molecule has 0 radical (unpaired) electrons. The maximum Gasteiger partial charge on any atom is 0.341 e. The molecule has 1 saturated carbocycles. The molecular weight excluding hydrogens is 504 g/mol. The van der Waals surface area contributed by atoms with Crippen molar-refractivity contribution >= 4 is 51.6 Å². The number of amides is 2. The zero-order valence-corrected chi connectivity index (χ0v) is 22.4. The monoisotopic (exact) mass is 534 g/mol. The summed E-state index contributed by atoms with van der Waals surface area (Å²) in [6, 6.07) is 17.2. The van der Waals surface area contributed by atoms with E-state index in [-0.39, 0.29) is 30.3 Å². The van der Waals surface area contributed by atoms with E-state index in [1.165, 1.54) is 23.1 Å². The summed E-state index contributed by atoms with van der Waals surface area (Å²) in [5.41, 5.74) is 3.12. The minimum absolute atomic E-state index is 0.0488. The molecule has 6 nitrogen and oxygen atoms in total. The number of thiophene rings is 1. The predicted octanol–water partition coefficient (Wildman–Crippen LogP) is 6.62. The molecule has 0 aliphatic heterocycles. The third-order valence-electron chi connectivity index (χ3n) is 6.53. The summed E-state index contributed by atoms with van der Waals surface area (Å²) in [5, 5.41) is 6.09. The lowest BCUT2D eigenvalue weighted by molar-refractivity contribution is -0.117. The summed E-state index contributed by atoms with van der Waals surface area (Å²) in [4.78, 5) is 40.9. The summed E-state index contributed by atoms with van der Waals surface area (Å²) >= 11 is 2.91. The minimum Gasteiger partial charge on any atom is -0.462 e. The van der Waals surface area contributed by atoms with Crippen molar-refractivity contribution in [1.82, 2.24) is 0 Å². The molecular formula is C29H30N2O4S2. The number of hydrogen-bond donors (Lipinski definition) is 2. The number of carbonyl (C=O) groups excluding carboxylic acids is 3. The zero-order valence-electron chi connectivity index (χ0n) is 20.8. The van der Waals surface area contributed by atoms with Gasteiger partial charge in [-0.1, -0.05) is 36.4 Å². The fourth-order valence-corrected chi connectivity index (χ4v) is 6.89. The second kappa shape index (κ2) is 11.5. The highest BCUT2D eigenvalue weighted by atomic mass is 32.2. The Morgan fingerprint density at radius 3 is 2.57 bits per heavy atom. The molecule has 5 rings (SSSR count).